The lowest BCUT2D eigenvalue weighted by Crippen LogP contribution is -3.27. The van der Waals surface area contributed by atoms with Crippen LogP contribution in [0, 0.1) is 6.92 Å². The summed E-state index contributed by atoms with van der Waals surface area (Å²) in [6, 6.07) is 5.27. The van der Waals surface area contributed by atoms with Crippen molar-refractivity contribution < 1.29 is 29.5 Å². The second-order valence-corrected chi connectivity index (χ2v) is 8.45. The molecule has 2 aliphatic rings. The number of phenolic OH excluding ortho intramolecular Hbond substituents is 1. The van der Waals surface area contributed by atoms with Gasteiger partial charge in [0.1, 0.15) is 45.0 Å². The summed E-state index contributed by atoms with van der Waals surface area (Å²) in [5.41, 5.74) is 2.34. The van der Waals surface area contributed by atoms with Crippen LogP contribution in [0.4, 0.5) is 0 Å². The molecule has 0 radical (unpaired) electrons. The number of ether oxygens (including phenoxy) is 1. The number of Topliss-reactive ketones (excluding diaryl/α,β-unsaturated/α-hetero) is 1. The van der Waals surface area contributed by atoms with Gasteiger partial charge in [-0.15, -0.1) is 11.3 Å². The van der Waals surface area contributed by atoms with E-state index in [1.807, 2.05) is 18.4 Å². The first-order chi connectivity index (χ1) is 13.6. The Morgan fingerprint density at radius 3 is 2.61 bits per heavy atom. The number of carbonyl (C=O) groups excluding carboxylic acids is 1. The van der Waals surface area contributed by atoms with Gasteiger partial charge in [0.25, 0.3) is 0 Å². The van der Waals surface area contributed by atoms with Crippen LogP contribution in [0.15, 0.2) is 29.3 Å². The van der Waals surface area contributed by atoms with Gasteiger partial charge in [0.15, 0.2) is 11.5 Å². The molecule has 7 heteroatoms. The summed E-state index contributed by atoms with van der Waals surface area (Å²) >= 11 is 1.57. The number of aliphatic hydroxyl groups is 1. The number of quaternary nitrogens is 2. The Bertz CT molecular complexity index is 913. The highest BCUT2D eigenvalue weighted by Crippen LogP contribution is 2.39. The Kier molecular flexibility index (Phi) is 5.50. The molecule has 28 heavy (non-hydrogen) atoms. The average molecular weight is 403 g/mol. The van der Waals surface area contributed by atoms with Crippen molar-refractivity contribution >= 4 is 23.2 Å². The second kappa shape index (κ2) is 8.05. The van der Waals surface area contributed by atoms with Crippen LogP contribution in [0.25, 0.3) is 6.08 Å². The summed E-state index contributed by atoms with van der Waals surface area (Å²) in [6.07, 6.45) is 1.80. The quantitative estimate of drug-likeness (QED) is 0.516. The summed E-state index contributed by atoms with van der Waals surface area (Å²) in [6.45, 7) is 7.55. The highest BCUT2D eigenvalue weighted by atomic mass is 32.1. The maximum Gasteiger partial charge on any atom is 0.232 e. The van der Waals surface area contributed by atoms with E-state index in [2.05, 4.69) is 0 Å². The number of aliphatic hydroxyl groups excluding tert-OH is 1. The molecule has 0 atom stereocenters. The van der Waals surface area contributed by atoms with E-state index in [0.717, 1.165) is 43.2 Å². The molecule has 1 aromatic heterocycles. The van der Waals surface area contributed by atoms with Crippen molar-refractivity contribution in [1.82, 2.24) is 0 Å². The highest BCUT2D eigenvalue weighted by Gasteiger charge is 2.33. The standard InChI is InChI=1S/C21H24N2O4S/c1-14-4-11-28-19(14)12-18-20(26)15-2-3-17(25)16(21(15)27-18)13-23-7-5-22(6-8-23)9-10-24/h2-4,11-12,24-25H,5-10,13H2,1H3/p+2/b18-12-. The van der Waals surface area contributed by atoms with E-state index in [-0.39, 0.29) is 18.1 Å². The molecule has 1 aromatic carbocycles. The van der Waals surface area contributed by atoms with Crippen molar-refractivity contribution in [3.05, 3.63) is 50.9 Å². The van der Waals surface area contributed by atoms with Gasteiger partial charge in [0.2, 0.25) is 5.78 Å². The molecule has 3 heterocycles. The third kappa shape index (κ3) is 3.71. The highest BCUT2D eigenvalue weighted by molar-refractivity contribution is 7.11. The Morgan fingerprint density at radius 2 is 1.93 bits per heavy atom. The minimum absolute atomic E-state index is 0.128. The minimum atomic E-state index is -0.128. The van der Waals surface area contributed by atoms with Crippen LogP contribution in [0.5, 0.6) is 11.5 Å². The number of fused-ring (bicyclic) bond motifs is 1. The Hall–Kier alpha value is -2.19. The first-order valence-corrected chi connectivity index (χ1v) is 10.6. The smallest absolute Gasteiger partial charge is 0.232 e. The number of thiophene rings is 1. The predicted molar refractivity (Wildman–Crippen MR) is 107 cm³/mol. The minimum Gasteiger partial charge on any atom is -0.507 e. The number of phenols is 1. The first kappa shape index (κ1) is 19.1. The molecule has 6 nitrogen and oxygen atoms in total. The van der Waals surface area contributed by atoms with E-state index in [1.54, 1.807) is 29.5 Å². The summed E-state index contributed by atoms with van der Waals surface area (Å²) < 4.78 is 5.97. The number of rotatable bonds is 5. The maximum absolute atomic E-state index is 12.8. The van der Waals surface area contributed by atoms with Crippen LogP contribution in [0.1, 0.15) is 26.4 Å². The topological polar surface area (TPSA) is 75.6 Å². The fraction of sp³-hybridized carbons (Fsp3) is 0.381. The number of benzene rings is 1. The molecule has 0 spiro atoms. The predicted octanol–water partition coefficient (Wildman–Crippen LogP) is -0.346. The van der Waals surface area contributed by atoms with Crippen molar-refractivity contribution in [2.24, 2.45) is 0 Å². The number of allylic oxidation sites excluding steroid dienone is 1. The molecule has 0 amide bonds. The zero-order valence-electron chi connectivity index (χ0n) is 16.0. The van der Waals surface area contributed by atoms with Crippen molar-refractivity contribution in [3.8, 4) is 11.5 Å². The fourth-order valence-electron chi connectivity index (χ4n) is 3.91. The van der Waals surface area contributed by atoms with Crippen LogP contribution >= 0.6 is 11.3 Å². The summed E-state index contributed by atoms with van der Waals surface area (Å²) in [7, 11) is 0. The van der Waals surface area contributed by atoms with E-state index in [1.165, 1.54) is 9.80 Å². The Balaban J connectivity index is 1.55. The van der Waals surface area contributed by atoms with Gasteiger partial charge in [0, 0.05) is 11.0 Å². The van der Waals surface area contributed by atoms with Gasteiger partial charge in [0.05, 0.1) is 17.7 Å². The first-order valence-electron chi connectivity index (χ1n) is 9.68. The number of piperazine rings is 1. The molecule has 0 saturated carbocycles. The van der Waals surface area contributed by atoms with Crippen LogP contribution in [-0.2, 0) is 6.54 Å². The number of hydrogen-bond donors (Lipinski definition) is 4. The van der Waals surface area contributed by atoms with Gasteiger partial charge in [-0.1, -0.05) is 0 Å². The van der Waals surface area contributed by atoms with E-state index in [9.17, 15) is 9.90 Å². The SMILES string of the molecule is Cc1ccsc1/C=C1\Oc2c(ccc(O)c2C[NH+]2CC[NH+](CCO)CC2)C1=O. The number of ketones is 1. The molecule has 1 saturated heterocycles. The number of aryl methyl sites for hydroxylation is 1. The fourth-order valence-corrected chi connectivity index (χ4v) is 4.76. The maximum atomic E-state index is 12.8. The van der Waals surface area contributed by atoms with Gasteiger partial charge in [-0.05, 0) is 36.1 Å². The monoisotopic (exact) mass is 402 g/mol. The lowest BCUT2D eigenvalue weighted by molar-refractivity contribution is -1.02. The zero-order valence-corrected chi connectivity index (χ0v) is 16.8. The molecule has 0 aliphatic carbocycles. The molecular weight excluding hydrogens is 376 g/mol. The van der Waals surface area contributed by atoms with Crippen LogP contribution in [-0.4, -0.2) is 55.3 Å². The molecule has 4 rings (SSSR count). The van der Waals surface area contributed by atoms with E-state index in [4.69, 9.17) is 9.84 Å². The van der Waals surface area contributed by atoms with Crippen LogP contribution in [0.3, 0.4) is 0 Å². The normalized spacial score (nSPS) is 23.1. The molecule has 2 aromatic rings. The van der Waals surface area contributed by atoms with Gasteiger partial charge in [-0.25, -0.2) is 0 Å². The third-order valence-electron chi connectivity index (χ3n) is 5.64. The Labute approximate surface area is 168 Å². The molecule has 4 N–H and O–H groups in total. The molecule has 1 fully saturated rings. The van der Waals surface area contributed by atoms with Crippen molar-refractivity contribution in [3.63, 3.8) is 0 Å². The largest absolute Gasteiger partial charge is 0.507 e. The lowest BCUT2D eigenvalue weighted by atomic mass is 10.0. The number of hydrogen-bond acceptors (Lipinski definition) is 5. The lowest BCUT2D eigenvalue weighted by Gasteiger charge is -2.29. The third-order valence-corrected chi connectivity index (χ3v) is 6.60. The van der Waals surface area contributed by atoms with Gasteiger partial charge >= 0.3 is 0 Å². The molecular formula is C21H26N2O4S+2. The average Bonchev–Trinajstić information content (AvgIpc) is 3.23. The van der Waals surface area contributed by atoms with Crippen LogP contribution < -0.4 is 14.5 Å². The second-order valence-electron chi connectivity index (χ2n) is 7.50. The van der Waals surface area contributed by atoms with Crippen molar-refractivity contribution in [1.29, 1.82) is 0 Å². The molecule has 148 valence electrons. The van der Waals surface area contributed by atoms with E-state index >= 15 is 0 Å². The van der Waals surface area contributed by atoms with E-state index < -0.39 is 0 Å². The van der Waals surface area contributed by atoms with Crippen molar-refractivity contribution in [2.75, 3.05) is 39.3 Å². The van der Waals surface area contributed by atoms with Crippen LogP contribution in [0.2, 0.25) is 0 Å². The molecule has 0 unspecified atom stereocenters. The summed E-state index contributed by atoms with van der Waals surface area (Å²) in [5.74, 6) is 0.872. The van der Waals surface area contributed by atoms with Crippen molar-refractivity contribution in [2.45, 2.75) is 13.5 Å². The zero-order chi connectivity index (χ0) is 19.7. The number of nitrogens with one attached hydrogen (secondary N) is 2. The Morgan fingerprint density at radius 1 is 1.18 bits per heavy atom. The molecule has 2 aliphatic heterocycles. The van der Waals surface area contributed by atoms with Gasteiger partial charge in [-0.2, -0.15) is 0 Å². The van der Waals surface area contributed by atoms with Gasteiger partial charge in [-0.3, -0.25) is 4.79 Å². The molecule has 0 bridgehead atoms. The number of carbonyl (C=O) groups is 1. The summed E-state index contributed by atoms with van der Waals surface area (Å²) in [4.78, 5) is 16.6. The van der Waals surface area contributed by atoms with Gasteiger partial charge < -0.3 is 24.7 Å². The summed E-state index contributed by atoms with van der Waals surface area (Å²) in [5, 5.41) is 21.6. The van der Waals surface area contributed by atoms with E-state index in [0.29, 0.717) is 29.2 Å². The number of aromatic hydroxyl groups is 1.